The normalized spacial score (nSPS) is 15.4. The minimum Gasteiger partial charge on any atom is -0.389 e. The van der Waals surface area contributed by atoms with Gasteiger partial charge in [0.15, 0.2) is 0 Å². The van der Waals surface area contributed by atoms with E-state index in [1.807, 2.05) is 12.1 Å². The fourth-order valence-corrected chi connectivity index (χ4v) is 1.73. The van der Waals surface area contributed by atoms with Gasteiger partial charge in [0.25, 0.3) is 0 Å². The molecule has 0 aliphatic heterocycles. The molecule has 15 heavy (non-hydrogen) atoms. The first-order valence-corrected chi connectivity index (χ1v) is 5.26. The van der Waals surface area contributed by atoms with E-state index in [1.165, 1.54) is 0 Å². The average molecular weight is 224 g/mol. The molecule has 1 aromatic heterocycles. The van der Waals surface area contributed by atoms with Gasteiger partial charge in [-0.3, -0.25) is 0 Å². The van der Waals surface area contributed by atoms with Gasteiger partial charge in [0.1, 0.15) is 6.10 Å². The van der Waals surface area contributed by atoms with Crippen LogP contribution < -0.4 is 0 Å². The SMILES string of the molecule is OC(CS)C(O)c1cccc2[nH]cnc12. The van der Waals surface area contributed by atoms with Crippen molar-refractivity contribution in [3.05, 3.63) is 30.1 Å². The molecule has 3 N–H and O–H groups in total. The van der Waals surface area contributed by atoms with Gasteiger partial charge in [-0.2, -0.15) is 12.6 Å². The first-order valence-electron chi connectivity index (χ1n) is 4.63. The van der Waals surface area contributed by atoms with Crippen LogP contribution >= 0.6 is 12.6 Å². The maximum Gasteiger partial charge on any atom is 0.108 e. The Morgan fingerprint density at radius 3 is 2.93 bits per heavy atom. The summed E-state index contributed by atoms with van der Waals surface area (Å²) in [7, 11) is 0. The quantitative estimate of drug-likeness (QED) is 0.585. The van der Waals surface area contributed by atoms with E-state index < -0.39 is 12.2 Å². The number of nitrogens with one attached hydrogen (secondary N) is 1. The molecule has 4 nitrogen and oxygen atoms in total. The minimum absolute atomic E-state index is 0.210. The molecular weight excluding hydrogens is 212 g/mol. The Morgan fingerprint density at radius 2 is 2.20 bits per heavy atom. The van der Waals surface area contributed by atoms with E-state index in [0.717, 1.165) is 5.52 Å². The molecule has 0 radical (unpaired) electrons. The van der Waals surface area contributed by atoms with Gasteiger partial charge >= 0.3 is 0 Å². The lowest BCUT2D eigenvalue weighted by Crippen LogP contribution is -2.19. The molecule has 2 rings (SSSR count). The summed E-state index contributed by atoms with van der Waals surface area (Å²) in [5.41, 5.74) is 2.15. The van der Waals surface area contributed by atoms with Gasteiger partial charge < -0.3 is 15.2 Å². The first kappa shape index (κ1) is 10.5. The van der Waals surface area contributed by atoms with Gasteiger partial charge in [0.2, 0.25) is 0 Å². The summed E-state index contributed by atoms with van der Waals surface area (Å²) in [5.74, 6) is 0.210. The lowest BCUT2D eigenvalue weighted by atomic mass is 10.0. The summed E-state index contributed by atoms with van der Waals surface area (Å²) in [6.07, 6.45) is -0.265. The Hall–Kier alpha value is -1.04. The molecule has 0 saturated carbocycles. The number of aromatic amines is 1. The number of nitrogens with zero attached hydrogens (tertiary/aromatic N) is 1. The summed E-state index contributed by atoms with van der Waals surface area (Å²) in [5, 5.41) is 19.4. The smallest absolute Gasteiger partial charge is 0.108 e. The molecule has 1 heterocycles. The van der Waals surface area contributed by atoms with E-state index in [4.69, 9.17) is 0 Å². The predicted octanol–water partition coefficient (Wildman–Crippen LogP) is 0.887. The maximum absolute atomic E-state index is 9.85. The fourth-order valence-electron chi connectivity index (χ4n) is 1.53. The van der Waals surface area contributed by atoms with E-state index in [0.29, 0.717) is 11.1 Å². The van der Waals surface area contributed by atoms with Gasteiger partial charge in [-0.05, 0) is 6.07 Å². The van der Waals surface area contributed by atoms with E-state index in [9.17, 15) is 10.2 Å². The summed E-state index contributed by atoms with van der Waals surface area (Å²) < 4.78 is 0. The number of fused-ring (bicyclic) bond motifs is 1. The maximum atomic E-state index is 9.85. The molecule has 0 bridgehead atoms. The van der Waals surface area contributed by atoms with Crippen LogP contribution in [0, 0.1) is 0 Å². The lowest BCUT2D eigenvalue weighted by Gasteiger charge is -2.16. The number of imidazole rings is 1. The molecule has 1 aromatic carbocycles. The highest BCUT2D eigenvalue weighted by Gasteiger charge is 2.19. The standard InChI is InChI=1S/C10H12N2O2S/c13-8(4-15)10(14)6-2-1-3-7-9(6)12-5-11-7/h1-3,5,8,10,13-15H,4H2,(H,11,12). The molecule has 0 spiro atoms. The highest BCUT2D eigenvalue weighted by Crippen LogP contribution is 2.24. The highest BCUT2D eigenvalue weighted by molar-refractivity contribution is 7.80. The van der Waals surface area contributed by atoms with Crippen molar-refractivity contribution in [2.75, 3.05) is 5.75 Å². The Kier molecular flexibility index (Phi) is 2.95. The topological polar surface area (TPSA) is 69.1 Å². The van der Waals surface area contributed by atoms with Crippen molar-refractivity contribution in [2.45, 2.75) is 12.2 Å². The Labute approximate surface area is 92.4 Å². The summed E-state index contributed by atoms with van der Waals surface area (Å²) in [6, 6.07) is 5.43. The third kappa shape index (κ3) is 1.86. The number of hydrogen-bond acceptors (Lipinski definition) is 4. The molecule has 0 aliphatic carbocycles. The number of aromatic nitrogens is 2. The Balaban J connectivity index is 2.46. The van der Waals surface area contributed by atoms with Gasteiger partial charge in [-0.1, -0.05) is 12.1 Å². The van der Waals surface area contributed by atoms with Gasteiger partial charge in [-0.25, -0.2) is 4.98 Å². The van der Waals surface area contributed by atoms with Crippen molar-refractivity contribution >= 4 is 23.7 Å². The van der Waals surface area contributed by atoms with Crippen molar-refractivity contribution < 1.29 is 10.2 Å². The molecule has 0 saturated heterocycles. The molecule has 2 atom stereocenters. The second kappa shape index (κ2) is 4.22. The zero-order chi connectivity index (χ0) is 10.8. The number of benzene rings is 1. The molecule has 5 heteroatoms. The van der Waals surface area contributed by atoms with E-state index in [2.05, 4.69) is 22.6 Å². The number of para-hydroxylation sites is 1. The van der Waals surface area contributed by atoms with Crippen molar-refractivity contribution in [3.8, 4) is 0 Å². The second-order valence-corrected chi connectivity index (χ2v) is 3.71. The van der Waals surface area contributed by atoms with Gasteiger partial charge in [0, 0.05) is 11.3 Å². The molecule has 2 unspecified atom stereocenters. The molecule has 2 aromatic rings. The predicted molar refractivity (Wildman–Crippen MR) is 60.9 cm³/mol. The van der Waals surface area contributed by atoms with Crippen molar-refractivity contribution in [2.24, 2.45) is 0 Å². The van der Waals surface area contributed by atoms with Gasteiger partial charge in [-0.15, -0.1) is 0 Å². The van der Waals surface area contributed by atoms with Crippen molar-refractivity contribution in [1.29, 1.82) is 0 Å². The van der Waals surface area contributed by atoms with Crippen LogP contribution in [0.15, 0.2) is 24.5 Å². The van der Waals surface area contributed by atoms with Crippen LogP contribution in [-0.2, 0) is 0 Å². The second-order valence-electron chi connectivity index (χ2n) is 3.34. The highest BCUT2D eigenvalue weighted by atomic mass is 32.1. The Bertz CT molecular complexity index is 457. The Morgan fingerprint density at radius 1 is 1.40 bits per heavy atom. The van der Waals surface area contributed by atoms with Gasteiger partial charge in [0.05, 0.1) is 23.5 Å². The van der Waals surface area contributed by atoms with Crippen molar-refractivity contribution in [1.82, 2.24) is 9.97 Å². The fraction of sp³-hybridized carbons (Fsp3) is 0.300. The average Bonchev–Trinajstić information content (AvgIpc) is 2.74. The molecule has 0 aliphatic rings. The zero-order valence-corrected chi connectivity index (χ0v) is 8.85. The van der Waals surface area contributed by atoms with Crippen LogP contribution in [0.3, 0.4) is 0 Å². The summed E-state index contributed by atoms with van der Waals surface area (Å²) in [6.45, 7) is 0. The van der Waals surface area contributed by atoms with Crippen LogP contribution in [0.25, 0.3) is 11.0 Å². The minimum atomic E-state index is -0.950. The monoisotopic (exact) mass is 224 g/mol. The third-order valence-electron chi connectivity index (χ3n) is 2.35. The number of H-pyrrole nitrogens is 1. The largest absolute Gasteiger partial charge is 0.389 e. The molecule has 0 fully saturated rings. The van der Waals surface area contributed by atoms with Crippen molar-refractivity contribution in [3.63, 3.8) is 0 Å². The van der Waals surface area contributed by atoms with Crippen LogP contribution in [0.1, 0.15) is 11.7 Å². The number of thiol groups is 1. The first-order chi connectivity index (χ1) is 7.24. The number of rotatable bonds is 3. The molecule has 80 valence electrons. The lowest BCUT2D eigenvalue weighted by molar-refractivity contribution is 0.0346. The summed E-state index contributed by atoms with van der Waals surface area (Å²) >= 11 is 3.95. The van der Waals surface area contributed by atoms with E-state index in [-0.39, 0.29) is 5.75 Å². The number of aliphatic hydroxyl groups is 2. The zero-order valence-electron chi connectivity index (χ0n) is 7.96. The molecule has 0 amide bonds. The summed E-state index contributed by atoms with van der Waals surface area (Å²) in [4.78, 5) is 7.05. The van der Waals surface area contributed by atoms with Crippen LogP contribution in [0.5, 0.6) is 0 Å². The van der Waals surface area contributed by atoms with E-state index in [1.54, 1.807) is 12.4 Å². The van der Waals surface area contributed by atoms with Crippen LogP contribution in [0.2, 0.25) is 0 Å². The number of hydrogen-bond donors (Lipinski definition) is 4. The molecular formula is C10H12N2O2S. The van der Waals surface area contributed by atoms with E-state index >= 15 is 0 Å². The van der Waals surface area contributed by atoms with Crippen LogP contribution in [0.4, 0.5) is 0 Å². The third-order valence-corrected chi connectivity index (χ3v) is 2.73. The van der Waals surface area contributed by atoms with Crippen LogP contribution in [-0.4, -0.2) is 32.0 Å². The number of aliphatic hydroxyl groups excluding tert-OH is 2.